The summed E-state index contributed by atoms with van der Waals surface area (Å²) in [4.78, 5) is 13.2. The van der Waals surface area contributed by atoms with Crippen molar-refractivity contribution in [2.75, 3.05) is 31.7 Å². The quantitative estimate of drug-likeness (QED) is 0.943. The van der Waals surface area contributed by atoms with Crippen molar-refractivity contribution in [3.05, 3.63) is 16.8 Å². The van der Waals surface area contributed by atoms with Crippen molar-refractivity contribution in [3.8, 4) is 0 Å². The molecule has 0 amide bonds. The second-order valence-electron chi connectivity index (χ2n) is 5.85. The lowest BCUT2D eigenvalue weighted by atomic mass is 9.94. The van der Waals surface area contributed by atoms with Crippen LogP contribution in [0.15, 0.2) is 6.33 Å². The van der Waals surface area contributed by atoms with Gasteiger partial charge < -0.3 is 14.7 Å². The van der Waals surface area contributed by atoms with E-state index in [2.05, 4.69) is 28.7 Å². The number of likely N-dealkylation sites (N-methyl/N-ethyl adjacent to an activating group) is 1. The Balaban J connectivity index is 1.92. The van der Waals surface area contributed by atoms with Gasteiger partial charge in [-0.05, 0) is 19.4 Å². The number of hydrogen-bond acceptors (Lipinski definition) is 6. The molecule has 1 aliphatic rings. The summed E-state index contributed by atoms with van der Waals surface area (Å²) in [5, 5.41) is 11.8. The van der Waals surface area contributed by atoms with E-state index in [1.807, 2.05) is 7.05 Å². The molecule has 0 atom stereocenters. The SMILES string of the molecule is Cc1sc2ncnc(N(C)CC3(O)CCOCC3)c2c1C. The summed E-state index contributed by atoms with van der Waals surface area (Å²) in [6.07, 6.45) is 2.96. The summed E-state index contributed by atoms with van der Waals surface area (Å²) < 4.78 is 5.34. The van der Waals surface area contributed by atoms with E-state index in [9.17, 15) is 5.11 Å². The van der Waals surface area contributed by atoms with Gasteiger partial charge in [-0.1, -0.05) is 0 Å². The smallest absolute Gasteiger partial charge is 0.140 e. The summed E-state index contributed by atoms with van der Waals surface area (Å²) in [6.45, 7) is 6.03. The zero-order valence-electron chi connectivity index (χ0n) is 12.7. The molecule has 114 valence electrons. The minimum atomic E-state index is -0.691. The topological polar surface area (TPSA) is 58.5 Å². The van der Waals surface area contributed by atoms with E-state index in [1.165, 1.54) is 10.4 Å². The number of nitrogens with zero attached hydrogens (tertiary/aromatic N) is 3. The van der Waals surface area contributed by atoms with Crippen molar-refractivity contribution in [2.24, 2.45) is 0 Å². The predicted octanol–water partition coefficient (Wildman–Crippen LogP) is 2.29. The van der Waals surface area contributed by atoms with Crippen LogP contribution in [0.3, 0.4) is 0 Å². The molecule has 0 saturated carbocycles. The highest BCUT2D eigenvalue weighted by molar-refractivity contribution is 7.18. The molecule has 1 N–H and O–H groups in total. The highest BCUT2D eigenvalue weighted by atomic mass is 32.1. The van der Waals surface area contributed by atoms with Crippen LogP contribution in [0.2, 0.25) is 0 Å². The summed E-state index contributed by atoms with van der Waals surface area (Å²) in [5.41, 5.74) is 0.542. The lowest BCUT2D eigenvalue weighted by Crippen LogP contribution is -2.46. The second-order valence-corrected chi connectivity index (χ2v) is 7.06. The van der Waals surface area contributed by atoms with Gasteiger partial charge in [-0.3, -0.25) is 0 Å². The van der Waals surface area contributed by atoms with Gasteiger partial charge in [-0.15, -0.1) is 11.3 Å². The van der Waals surface area contributed by atoms with E-state index in [-0.39, 0.29) is 0 Å². The van der Waals surface area contributed by atoms with E-state index in [1.54, 1.807) is 17.7 Å². The van der Waals surface area contributed by atoms with Crippen LogP contribution < -0.4 is 4.90 Å². The van der Waals surface area contributed by atoms with Crippen LogP contribution in [-0.4, -0.2) is 47.5 Å². The first-order chi connectivity index (χ1) is 10.0. The molecule has 2 aromatic rings. The average Bonchev–Trinajstić information content (AvgIpc) is 2.74. The monoisotopic (exact) mass is 307 g/mol. The van der Waals surface area contributed by atoms with Crippen LogP contribution >= 0.6 is 11.3 Å². The predicted molar refractivity (Wildman–Crippen MR) is 85.2 cm³/mol. The van der Waals surface area contributed by atoms with Gasteiger partial charge in [-0.25, -0.2) is 9.97 Å². The van der Waals surface area contributed by atoms with Gasteiger partial charge in [0, 0.05) is 44.5 Å². The maximum absolute atomic E-state index is 10.7. The number of aromatic nitrogens is 2. The van der Waals surface area contributed by atoms with Gasteiger partial charge in [-0.2, -0.15) is 0 Å². The Labute approximate surface area is 128 Å². The molecule has 1 aliphatic heterocycles. The highest BCUT2D eigenvalue weighted by Gasteiger charge is 2.32. The summed E-state index contributed by atoms with van der Waals surface area (Å²) in [7, 11) is 1.99. The Morgan fingerprint density at radius 3 is 2.76 bits per heavy atom. The fraction of sp³-hybridized carbons (Fsp3) is 0.600. The number of aryl methyl sites for hydroxylation is 2. The third-order valence-electron chi connectivity index (χ3n) is 4.26. The number of aliphatic hydroxyl groups is 1. The third-order valence-corrected chi connectivity index (χ3v) is 5.38. The van der Waals surface area contributed by atoms with Crippen LogP contribution in [0.25, 0.3) is 10.2 Å². The van der Waals surface area contributed by atoms with Crippen molar-refractivity contribution >= 4 is 27.4 Å². The summed E-state index contributed by atoms with van der Waals surface area (Å²) >= 11 is 1.70. The van der Waals surface area contributed by atoms with E-state index in [0.29, 0.717) is 32.6 Å². The Bertz CT molecular complexity index is 650. The minimum Gasteiger partial charge on any atom is -0.388 e. The average molecular weight is 307 g/mol. The lowest BCUT2D eigenvalue weighted by Gasteiger charge is -2.36. The van der Waals surface area contributed by atoms with E-state index in [4.69, 9.17) is 4.74 Å². The van der Waals surface area contributed by atoms with Gasteiger partial charge in [0.25, 0.3) is 0 Å². The number of fused-ring (bicyclic) bond motifs is 1. The molecule has 0 spiro atoms. The maximum Gasteiger partial charge on any atom is 0.140 e. The van der Waals surface area contributed by atoms with Crippen molar-refractivity contribution < 1.29 is 9.84 Å². The molecule has 0 bridgehead atoms. The summed E-state index contributed by atoms with van der Waals surface area (Å²) in [5.74, 6) is 0.904. The molecule has 1 saturated heterocycles. The largest absolute Gasteiger partial charge is 0.388 e. The standard InChI is InChI=1S/C15H21N3O2S/c1-10-11(2)21-14-12(10)13(16-9-17-14)18(3)8-15(19)4-6-20-7-5-15/h9,19H,4-8H2,1-3H3. The zero-order chi connectivity index (χ0) is 15.0. The number of anilines is 1. The van der Waals surface area contributed by atoms with Crippen molar-refractivity contribution in [3.63, 3.8) is 0 Å². The van der Waals surface area contributed by atoms with Crippen LogP contribution in [0, 0.1) is 13.8 Å². The normalized spacial score (nSPS) is 18.1. The van der Waals surface area contributed by atoms with Gasteiger partial charge >= 0.3 is 0 Å². The van der Waals surface area contributed by atoms with Crippen LogP contribution in [0.5, 0.6) is 0 Å². The first kappa shape index (κ1) is 14.7. The van der Waals surface area contributed by atoms with E-state index >= 15 is 0 Å². The number of hydrogen-bond donors (Lipinski definition) is 1. The van der Waals surface area contributed by atoms with Crippen molar-refractivity contribution in [1.82, 2.24) is 9.97 Å². The Kier molecular flexibility index (Phi) is 3.86. The Morgan fingerprint density at radius 1 is 1.33 bits per heavy atom. The van der Waals surface area contributed by atoms with Gasteiger partial charge in [0.15, 0.2) is 0 Å². The molecule has 0 unspecified atom stereocenters. The van der Waals surface area contributed by atoms with Crippen molar-refractivity contribution in [1.29, 1.82) is 0 Å². The molecule has 6 heteroatoms. The van der Waals surface area contributed by atoms with Gasteiger partial charge in [0.05, 0.1) is 11.0 Å². The van der Waals surface area contributed by atoms with Gasteiger partial charge in [0.1, 0.15) is 17.0 Å². The maximum atomic E-state index is 10.7. The first-order valence-corrected chi connectivity index (χ1v) is 8.04. The first-order valence-electron chi connectivity index (χ1n) is 7.22. The number of thiophene rings is 1. The highest BCUT2D eigenvalue weighted by Crippen LogP contribution is 2.34. The molecule has 5 nitrogen and oxygen atoms in total. The van der Waals surface area contributed by atoms with Gasteiger partial charge in [0.2, 0.25) is 0 Å². The fourth-order valence-corrected chi connectivity index (χ4v) is 3.87. The fourth-order valence-electron chi connectivity index (χ4n) is 2.88. The van der Waals surface area contributed by atoms with Crippen LogP contribution in [0.1, 0.15) is 23.3 Å². The molecule has 21 heavy (non-hydrogen) atoms. The minimum absolute atomic E-state index is 0.566. The zero-order valence-corrected chi connectivity index (χ0v) is 13.5. The molecule has 3 heterocycles. The molecule has 0 aromatic carbocycles. The Hall–Kier alpha value is -1.24. The number of rotatable bonds is 3. The van der Waals surface area contributed by atoms with E-state index in [0.717, 1.165) is 16.0 Å². The molecule has 3 rings (SSSR count). The van der Waals surface area contributed by atoms with Crippen LogP contribution in [0.4, 0.5) is 5.82 Å². The molecular weight excluding hydrogens is 286 g/mol. The molecular formula is C15H21N3O2S. The third kappa shape index (κ3) is 2.75. The van der Waals surface area contributed by atoms with E-state index < -0.39 is 5.60 Å². The Morgan fingerprint density at radius 2 is 2.05 bits per heavy atom. The molecule has 2 aromatic heterocycles. The van der Waals surface area contributed by atoms with Crippen LogP contribution in [-0.2, 0) is 4.74 Å². The molecule has 0 aliphatic carbocycles. The lowest BCUT2D eigenvalue weighted by molar-refractivity contribution is -0.0573. The summed E-state index contributed by atoms with van der Waals surface area (Å²) in [6, 6.07) is 0. The van der Waals surface area contributed by atoms with Crippen molar-refractivity contribution in [2.45, 2.75) is 32.3 Å². The molecule has 1 fully saturated rings. The number of ether oxygens (including phenoxy) is 1. The second kappa shape index (κ2) is 5.51. The molecule has 0 radical (unpaired) electrons.